The fourth-order valence-corrected chi connectivity index (χ4v) is 1.25. The Morgan fingerprint density at radius 1 is 1.46 bits per heavy atom. The van der Waals surface area contributed by atoms with E-state index in [0.717, 1.165) is 11.0 Å². The highest BCUT2D eigenvalue weighted by molar-refractivity contribution is 5.81. The van der Waals surface area contributed by atoms with Crippen LogP contribution in [0.3, 0.4) is 0 Å². The predicted molar refractivity (Wildman–Crippen MR) is 52.1 cm³/mol. The number of benzene rings is 1. The zero-order chi connectivity index (χ0) is 9.26. The standard InChI is InChI=1S/C9H10N4/c1-7-3-4-9-8(5-7)11-12-13(9)6-10-2/h3-6H,1-2H3. The van der Waals surface area contributed by atoms with Gasteiger partial charge in [-0.05, 0) is 24.6 Å². The summed E-state index contributed by atoms with van der Waals surface area (Å²) in [6.45, 7) is 2.03. The van der Waals surface area contributed by atoms with Gasteiger partial charge in [-0.1, -0.05) is 11.3 Å². The van der Waals surface area contributed by atoms with Crippen molar-refractivity contribution in [2.75, 3.05) is 7.05 Å². The molecular weight excluding hydrogens is 164 g/mol. The molecule has 0 aliphatic heterocycles. The van der Waals surface area contributed by atoms with Gasteiger partial charge in [-0.2, -0.15) is 0 Å². The van der Waals surface area contributed by atoms with Crippen molar-refractivity contribution in [2.24, 2.45) is 4.99 Å². The Kier molecular flexibility index (Phi) is 1.81. The van der Waals surface area contributed by atoms with E-state index >= 15 is 0 Å². The number of rotatable bonds is 1. The minimum Gasteiger partial charge on any atom is -0.277 e. The van der Waals surface area contributed by atoms with Gasteiger partial charge in [-0.25, -0.2) is 4.68 Å². The molecule has 0 saturated carbocycles. The van der Waals surface area contributed by atoms with Crippen LogP contribution in [0, 0.1) is 6.92 Å². The quantitative estimate of drug-likeness (QED) is 0.482. The minimum atomic E-state index is 0.903. The monoisotopic (exact) mass is 174 g/mol. The fraction of sp³-hybridized carbons (Fsp3) is 0.222. The molecule has 0 spiro atoms. The van der Waals surface area contributed by atoms with E-state index in [-0.39, 0.29) is 0 Å². The highest BCUT2D eigenvalue weighted by Gasteiger charge is 2.00. The average Bonchev–Trinajstić information content (AvgIpc) is 2.49. The highest BCUT2D eigenvalue weighted by atomic mass is 15.4. The molecule has 66 valence electrons. The molecule has 0 aliphatic rings. The smallest absolute Gasteiger partial charge is 0.113 e. The number of nitrogens with zero attached hydrogens (tertiary/aromatic N) is 4. The van der Waals surface area contributed by atoms with Gasteiger partial charge in [0, 0.05) is 7.05 Å². The maximum atomic E-state index is 4.02. The molecule has 0 unspecified atom stereocenters. The molecule has 13 heavy (non-hydrogen) atoms. The van der Waals surface area contributed by atoms with Crippen molar-refractivity contribution in [2.45, 2.75) is 6.92 Å². The van der Waals surface area contributed by atoms with E-state index in [1.165, 1.54) is 5.56 Å². The van der Waals surface area contributed by atoms with Crippen LogP contribution in [-0.2, 0) is 0 Å². The molecule has 0 N–H and O–H groups in total. The van der Waals surface area contributed by atoms with Crippen LogP contribution < -0.4 is 0 Å². The second kappa shape index (κ2) is 2.97. The Morgan fingerprint density at radius 2 is 2.31 bits per heavy atom. The van der Waals surface area contributed by atoms with Crippen LogP contribution in [0.2, 0.25) is 0 Å². The molecule has 1 aromatic carbocycles. The van der Waals surface area contributed by atoms with Crippen molar-refractivity contribution in [3.63, 3.8) is 0 Å². The van der Waals surface area contributed by atoms with Gasteiger partial charge >= 0.3 is 0 Å². The lowest BCUT2D eigenvalue weighted by Gasteiger charge is -1.92. The largest absolute Gasteiger partial charge is 0.277 e. The summed E-state index contributed by atoms with van der Waals surface area (Å²) in [5.74, 6) is 0. The van der Waals surface area contributed by atoms with Gasteiger partial charge in [0.05, 0.1) is 5.52 Å². The Labute approximate surface area is 75.9 Å². The van der Waals surface area contributed by atoms with Crippen LogP contribution in [0.4, 0.5) is 0 Å². The third-order valence-electron chi connectivity index (χ3n) is 1.85. The van der Waals surface area contributed by atoms with Gasteiger partial charge in [-0.15, -0.1) is 5.10 Å². The third kappa shape index (κ3) is 1.30. The second-order valence-electron chi connectivity index (χ2n) is 2.90. The zero-order valence-electron chi connectivity index (χ0n) is 7.60. The van der Waals surface area contributed by atoms with Crippen LogP contribution in [-0.4, -0.2) is 28.4 Å². The van der Waals surface area contributed by atoms with Gasteiger partial charge in [0.2, 0.25) is 0 Å². The average molecular weight is 174 g/mol. The van der Waals surface area contributed by atoms with E-state index in [1.54, 1.807) is 18.1 Å². The van der Waals surface area contributed by atoms with Crippen LogP contribution in [0.15, 0.2) is 23.2 Å². The summed E-state index contributed by atoms with van der Waals surface area (Å²) in [5, 5.41) is 7.96. The van der Waals surface area contributed by atoms with Crippen LogP contribution in [0.5, 0.6) is 0 Å². The molecule has 0 saturated heterocycles. The van der Waals surface area contributed by atoms with Crippen LogP contribution in [0.25, 0.3) is 11.0 Å². The molecule has 1 heterocycles. The first-order chi connectivity index (χ1) is 6.31. The molecule has 4 heteroatoms. The summed E-state index contributed by atoms with van der Waals surface area (Å²) in [4.78, 5) is 3.89. The summed E-state index contributed by atoms with van der Waals surface area (Å²) in [6.07, 6.45) is 1.64. The van der Waals surface area contributed by atoms with Crippen LogP contribution in [0.1, 0.15) is 5.56 Å². The summed E-state index contributed by atoms with van der Waals surface area (Å²) in [5.41, 5.74) is 3.07. The van der Waals surface area contributed by atoms with E-state index in [1.807, 2.05) is 25.1 Å². The summed E-state index contributed by atoms with van der Waals surface area (Å²) in [7, 11) is 1.71. The number of aliphatic imine (C=N–C) groups is 1. The predicted octanol–water partition coefficient (Wildman–Crippen LogP) is 1.25. The molecule has 2 rings (SSSR count). The number of hydrogen-bond donors (Lipinski definition) is 0. The summed E-state index contributed by atoms with van der Waals surface area (Å²) >= 11 is 0. The van der Waals surface area contributed by atoms with Gasteiger partial charge in [-0.3, -0.25) is 4.99 Å². The number of aromatic nitrogens is 3. The first-order valence-corrected chi connectivity index (χ1v) is 4.05. The summed E-state index contributed by atoms with van der Waals surface area (Å²) < 4.78 is 1.66. The molecule has 1 aromatic heterocycles. The lowest BCUT2D eigenvalue weighted by Crippen LogP contribution is -1.96. The van der Waals surface area contributed by atoms with E-state index in [9.17, 15) is 0 Å². The molecule has 2 aromatic rings. The topological polar surface area (TPSA) is 43.1 Å². The Hall–Kier alpha value is -1.71. The lowest BCUT2D eigenvalue weighted by atomic mass is 10.2. The van der Waals surface area contributed by atoms with E-state index in [2.05, 4.69) is 15.3 Å². The zero-order valence-corrected chi connectivity index (χ0v) is 7.60. The van der Waals surface area contributed by atoms with Gasteiger partial charge in [0.25, 0.3) is 0 Å². The molecule has 0 amide bonds. The number of fused-ring (bicyclic) bond motifs is 1. The van der Waals surface area contributed by atoms with Gasteiger partial charge in [0.1, 0.15) is 11.9 Å². The molecule has 0 bridgehead atoms. The number of aryl methyl sites for hydroxylation is 1. The fourth-order valence-electron chi connectivity index (χ4n) is 1.25. The SMILES string of the molecule is CN=Cn1nnc2cc(C)ccc21. The normalized spacial score (nSPS) is 11.5. The van der Waals surface area contributed by atoms with E-state index in [0.29, 0.717) is 0 Å². The van der Waals surface area contributed by atoms with Crippen molar-refractivity contribution >= 4 is 17.4 Å². The number of hydrogen-bond acceptors (Lipinski definition) is 3. The van der Waals surface area contributed by atoms with E-state index in [4.69, 9.17) is 0 Å². The maximum absolute atomic E-state index is 4.02. The van der Waals surface area contributed by atoms with Crippen molar-refractivity contribution in [1.82, 2.24) is 15.0 Å². The molecule has 0 aliphatic carbocycles. The third-order valence-corrected chi connectivity index (χ3v) is 1.85. The minimum absolute atomic E-state index is 0.903. The first kappa shape index (κ1) is 7.91. The van der Waals surface area contributed by atoms with Crippen molar-refractivity contribution in [3.05, 3.63) is 23.8 Å². The highest BCUT2D eigenvalue weighted by Crippen LogP contribution is 2.11. The maximum Gasteiger partial charge on any atom is 0.113 e. The van der Waals surface area contributed by atoms with E-state index < -0.39 is 0 Å². The Balaban J connectivity index is 2.68. The van der Waals surface area contributed by atoms with Crippen molar-refractivity contribution in [1.29, 1.82) is 0 Å². The first-order valence-electron chi connectivity index (χ1n) is 4.05. The Bertz CT molecular complexity index is 456. The lowest BCUT2D eigenvalue weighted by molar-refractivity contribution is 0.874. The van der Waals surface area contributed by atoms with Gasteiger partial charge < -0.3 is 0 Å². The molecule has 0 radical (unpaired) electrons. The summed E-state index contributed by atoms with van der Waals surface area (Å²) in [6, 6.07) is 6.03. The molecular formula is C9H10N4. The van der Waals surface area contributed by atoms with Gasteiger partial charge in [0.15, 0.2) is 0 Å². The molecule has 0 atom stereocenters. The molecule has 4 nitrogen and oxygen atoms in total. The van der Waals surface area contributed by atoms with Crippen LogP contribution >= 0.6 is 0 Å². The second-order valence-corrected chi connectivity index (χ2v) is 2.90. The van der Waals surface area contributed by atoms with Crippen molar-refractivity contribution < 1.29 is 0 Å². The Morgan fingerprint density at radius 3 is 3.08 bits per heavy atom. The van der Waals surface area contributed by atoms with Crippen molar-refractivity contribution in [3.8, 4) is 0 Å². The molecule has 0 fully saturated rings.